The number of benzene rings is 3. The van der Waals surface area contributed by atoms with Gasteiger partial charge in [0.1, 0.15) is 17.3 Å². The highest BCUT2D eigenvalue weighted by Gasteiger charge is 2.15. The van der Waals surface area contributed by atoms with Gasteiger partial charge in [-0.05, 0) is 30.3 Å². The van der Waals surface area contributed by atoms with E-state index in [1.165, 1.54) is 30.3 Å². The standard InChI is InChI=1S/C23H18FN3O3/c24-19-12-6-4-11-18(19)15-25-27-23(30)20(14-17-10-5-7-13-21(17)28)26-22(29)16-8-2-1-3-9-16/h1-15,28H,(H,26,29)(H,27,30)/b20-14-,25-15-. The van der Waals surface area contributed by atoms with Crippen LogP contribution in [0, 0.1) is 5.82 Å². The highest BCUT2D eigenvalue weighted by Crippen LogP contribution is 2.18. The molecule has 0 heterocycles. The third-order valence-corrected chi connectivity index (χ3v) is 4.04. The van der Waals surface area contributed by atoms with E-state index in [9.17, 15) is 19.1 Å². The van der Waals surface area contributed by atoms with Gasteiger partial charge in [0.15, 0.2) is 0 Å². The highest BCUT2D eigenvalue weighted by molar-refractivity contribution is 6.05. The SMILES string of the molecule is O=C(N/N=C\c1ccccc1F)/C(=C/c1ccccc1O)NC(=O)c1ccccc1. The summed E-state index contributed by atoms with van der Waals surface area (Å²) in [7, 11) is 0. The molecule has 0 aromatic heterocycles. The van der Waals surface area contributed by atoms with Crippen molar-refractivity contribution in [3.05, 3.63) is 107 Å². The Bertz CT molecular complexity index is 1110. The maximum Gasteiger partial charge on any atom is 0.287 e. The summed E-state index contributed by atoms with van der Waals surface area (Å²) in [6.45, 7) is 0. The van der Waals surface area contributed by atoms with E-state index >= 15 is 0 Å². The molecule has 0 fully saturated rings. The second-order valence-electron chi connectivity index (χ2n) is 6.16. The molecule has 30 heavy (non-hydrogen) atoms. The van der Waals surface area contributed by atoms with Crippen LogP contribution in [0.25, 0.3) is 6.08 Å². The lowest BCUT2D eigenvalue weighted by Crippen LogP contribution is -2.32. The molecule has 7 heteroatoms. The minimum Gasteiger partial charge on any atom is -0.507 e. The molecule has 0 bridgehead atoms. The van der Waals surface area contributed by atoms with Gasteiger partial charge in [0.25, 0.3) is 11.8 Å². The Morgan fingerprint density at radius 1 is 0.867 bits per heavy atom. The van der Waals surface area contributed by atoms with Crippen molar-refractivity contribution < 1.29 is 19.1 Å². The smallest absolute Gasteiger partial charge is 0.287 e. The Labute approximate surface area is 172 Å². The van der Waals surface area contributed by atoms with E-state index in [1.54, 1.807) is 54.6 Å². The fourth-order valence-electron chi connectivity index (χ4n) is 2.51. The number of phenolic OH excluding ortho intramolecular Hbond substituents is 1. The van der Waals surface area contributed by atoms with Crippen LogP contribution in [0.1, 0.15) is 21.5 Å². The van der Waals surface area contributed by atoms with Crippen LogP contribution in [0.3, 0.4) is 0 Å². The number of hydrazone groups is 1. The summed E-state index contributed by atoms with van der Waals surface area (Å²) in [6, 6.07) is 20.6. The summed E-state index contributed by atoms with van der Waals surface area (Å²) in [5.41, 5.74) is 2.98. The van der Waals surface area contributed by atoms with Crippen LogP contribution in [0.5, 0.6) is 5.75 Å². The van der Waals surface area contributed by atoms with Crippen LogP contribution < -0.4 is 10.7 Å². The number of nitrogens with one attached hydrogen (secondary N) is 2. The zero-order chi connectivity index (χ0) is 21.3. The summed E-state index contributed by atoms with van der Waals surface area (Å²) in [6.07, 6.45) is 2.48. The van der Waals surface area contributed by atoms with E-state index in [0.717, 1.165) is 6.21 Å². The number of nitrogens with zero attached hydrogens (tertiary/aromatic N) is 1. The van der Waals surface area contributed by atoms with Crippen molar-refractivity contribution in [3.63, 3.8) is 0 Å². The number of hydrogen-bond donors (Lipinski definition) is 3. The zero-order valence-corrected chi connectivity index (χ0v) is 15.7. The van der Waals surface area contributed by atoms with E-state index in [4.69, 9.17) is 0 Å². The van der Waals surface area contributed by atoms with Gasteiger partial charge in [0.05, 0.1) is 6.21 Å². The number of carbonyl (C=O) groups excluding carboxylic acids is 2. The van der Waals surface area contributed by atoms with Gasteiger partial charge in [0, 0.05) is 16.7 Å². The third kappa shape index (κ3) is 5.39. The van der Waals surface area contributed by atoms with Crippen molar-refractivity contribution in [2.24, 2.45) is 5.10 Å². The Morgan fingerprint density at radius 3 is 2.20 bits per heavy atom. The Kier molecular flexibility index (Phi) is 6.68. The lowest BCUT2D eigenvalue weighted by molar-refractivity contribution is -0.117. The summed E-state index contributed by atoms with van der Waals surface area (Å²) in [5.74, 6) is -1.80. The van der Waals surface area contributed by atoms with Gasteiger partial charge in [0.2, 0.25) is 0 Å². The molecule has 0 aliphatic heterocycles. The van der Waals surface area contributed by atoms with Gasteiger partial charge >= 0.3 is 0 Å². The molecular formula is C23H18FN3O3. The maximum absolute atomic E-state index is 13.7. The fraction of sp³-hybridized carbons (Fsp3) is 0. The molecule has 3 rings (SSSR count). The lowest BCUT2D eigenvalue weighted by atomic mass is 10.1. The minimum absolute atomic E-state index is 0.0633. The van der Waals surface area contributed by atoms with Crippen LogP contribution in [-0.2, 0) is 4.79 Å². The minimum atomic E-state index is -0.741. The molecule has 3 aromatic carbocycles. The van der Waals surface area contributed by atoms with E-state index in [1.807, 2.05) is 0 Å². The van der Waals surface area contributed by atoms with Gasteiger partial charge in [-0.3, -0.25) is 9.59 Å². The molecule has 3 N–H and O–H groups in total. The molecular weight excluding hydrogens is 385 g/mol. The summed E-state index contributed by atoms with van der Waals surface area (Å²) < 4.78 is 13.7. The molecule has 0 radical (unpaired) electrons. The number of hydrogen-bond acceptors (Lipinski definition) is 4. The largest absolute Gasteiger partial charge is 0.507 e. The summed E-state index contributed by atoms with van der Waals surface area (Å²) in [5, 5.41) is 16.3. The van der Waals surface area contributed by atoms with E-state index in [-0.39, 0.29) is 17.0 Å². The van der Waals surface area contributed by atoms with Gasteiger partial charge < -0.3 is 10.4 Å². The number of amides is 2. The number of carbonyl (C=O) groups is 2. The first-order valence-corrected chi connectivity index (χ1v) is 8.98. The molecule has 6 nitrogen and oxygen atoms in total. The molecule has 0 saturated carbocycles. The second-order valence-corrected chi connectivity index (χ2v) is 6.16. The molecule has 0 spiro atoms. The van der Waals surface area contributed by atoms with Crippen LogP contribution >= 0.6 is 0 Å². The van der Waals surface area contributed by atoms with Gasteiger partial charge in [-0.1, -0.05) is 54.6 Å². The summed E-state index contributed by atoms with van der Waals surface area (Å²) in [4.78, 5) is 25.1. The van der Waals surface area contributed by atoms with Crippen molar-refractivity contribution in [1.29, 1.82) is 0 Å². The first kappa shape index (κ1) is 20.5. The molecule has 0 saturated heterocycles. The first-order chi connectivity index (χ1) is 14.5. The number of aromatic hydroxyl groups is 1. The Morgan fingerprint density at radius 2 is 1.50 bits per heavy atom. The monoisotopic (exact) mass is 403 g/mol. The van der Waals surface area contributed by atoms with Crippen molar-refractivity contribution in [2.75, 3.05) is 0 Å². The predicted octanol–water partition coefficient (Wildman–Crippen LogP) is 3.45. The molecule has 3 aromatic rings. The van der Waals surface area contributed by atoms with Crippen molar-refractivity contribution in [2.45, 2.75) is 0 Å². The number of phenols is 1. The van der Waals surface area contributed by atoms with Crippen LogP contribution in [0.15, 0.2) is 89.7 Å². The van der Waals surface area contributed by atoms with Gasteiger partial charge in [-0.25, -0.2) is 9.82 Å². The molecule has 0 atom stereocenters. The fourth-order valence-corrected chi connectivity index (χ4v) is 2.51. The Balaban J connectivity index is 1.83. The molecule has 150 valence electrons. The Hall–Kier alpha value is -4.26. The number of para-hydroxylation sites is 1. The van der Waals surface area contributed by atoms with Crippen molar-refractivity contribution >= 4 is 24.1 Å². The zero-order valence-electron chi connectivity index (χ0n) is 15.7. The number of halogens is 1. The van der Waals surface area contributed by atoms with E-state index < -0.39 is 17.6 Å². The normalized spacial score (nSPS) is 11.3. The topological polar surface area (TPSA) is 90.8 Å². The van der Waals surface area contributed by atoms with Crippen LogP contribution in [0.4, 0.5) is 4.39 Å². The second kappa shape index (κ2) is 9.79. The van der Waals surface area contributed by atoms with Crippen LogP contribution in [0.2, 0.25) is 0 Å². The molecule has 0 aliphatic carbocycles. The van der Waals surface area contributed by atoms with E-state index in [2.05, 4.69) is 15.8 Å². The molecule has 2 amide bonds. The number of rotatable bonds is 6. The van der Waals surface area contributed by atoms with Crippen molar-refractivity contribution in [3.8, 4) is 5.75 Å². The van der Waals surface area contributed by atoms with Gasteiger partial charge in [-0.2, -0.15) is 5.10 Å². The lowest BCUT2D eigenvalue weighted by Gasteiger charge is -2.09. The predicted molar refractivity (Wildman–Crippen MR) is 112 cm³/mol. The molecule has 0 unspecified atom stereocenters. The quantitative estimate of drug-likeness (QED) is 0.334. The van der Waals surface area contributed by atoms with Gasteiger partial charge in [-0.15, -0.1) is 0 Å². The maximum atomic E-state index is 13.7. The van der Waals surface area contributed by atoms with Crippen molar-refractivity contribution in [1.82, 2.24) is 10.7 Å². The summed E-state index contributed by atoms with van der Waals surface area (Å²) >= 11 is 0. The first-order valence-electron chi connectivity index (χ1n) is 8.98. The van der Waals surface area contributed by atoms with E-state index in [0.29, 0.717) is 11.1 Å². The average Bonchev–Trinajstić information content (AvgIpc) is 2.76. The van der Waals surface area contributed by atoms with Crippen LogP contribution in [-0.4, -0.2) is 23.1 Å². The average molecular weight is 403 g/mol. The highest BCUT2D eigenvalue weighted by atomic mass is 19.1. The third-order valence-electron chi connectivity index (χ3n) is 4.04. The molecule has 0 aliphatic rings.